The maximum atomic E-state index is 4.47. The molecule has 0 radical (unpaired) electrons. The van der Waals surface area contributed by atoms with E-state index in [1.807, 2.05) is 31.3 Å². The van der Waals surface area contributed by atoms with E-state index in [4.69, 9.17) is 0 Å². The zero-order valence-corrected chi connectivity index (χ0v) is 11.8. The second kappa shape index (κ2) is 4.93. The average Bonchev–Trinajstić information content (AvgIpc) is 2.48. The Kier molecular flexibility index (Phi) is 3.13. The van der Waals surface area contributed by atoms with Crippen molar-refractivity contribution in [3.63, 3.8) is 0 Å². The number of fused-ring (bicyclic) bond motifs is 1. The summed E-state index contributed by atoms with van der Waals surface area (Å²) in [6.45, 7) is 0. The number of anilines is 1. The summed E-state index contributed by atoms with van der Waals surface area (Å²) in [6.07, 6.45) is 5.14. The van der Waals surface area contributed by atoms with Crippen molar-refractivity contribution < 1.29 is 0 Å². The molecule has 0 unspecified atom stereocenters. The fourth-order valence-electron chi connectivity index (χ4n) is 2.05. The predicted molar refractivity (Wildman–Crippen MR) is 80.0 cm³/mol. The first-order chi connectivity index (χ1) is 9.31. The van der Waals surface area contributed by atoms with Gasteiger partial charge in [-0.25, -0.2) is 4.98 Å². The lowest BCUT2D eigenvalue weighted by Gasteiger charge is -2.09. The zero-order valence-electron chi connectivity index (χ0n) is 10.3. The molecular weight excluding hydrogens is 304 g/mol. The number of benzene rings is 1. The highest BCUT2D eigenvalue weighted by atomic mass is 79.9. The maximum absolute atomic E-state index is 4.47. The summed E-state index contributed by atoms with van der Waals surface area (Å²) in [7, 11) is 1.84. The monoisotopic (exact) mass is 314 g/mol. The van der Waals surface area contributed by atoms with Gasteiger partial charge in [0.05, 0.1) is 5.52 Å². The molecule has 0 aliphatic rings. The lowest BCUT2D eigenvalue weighted by molar-refractivity contribution is 1.19. The molecule has 2 aromatic heterocycles. The highest BCUT2D eigenvalue weighted by Crippen LogP contribution is 2.33. The second-order valence-electron chi connectivity index (χ2n) is 4.00. The average molecular weight is 315 g/mol. The number of halogens is 1. The number of nitrogens with one attached hydrogen (secondary N) is 1. The summed E-state index contributed by atoms with van der Waals surface area (Å²) >= 11 is 3.55. The van der Waals surface area contributed by atoms with E-state index in [0.717, 1.165) is 32.5 Å². The van der Waals surface area contributed by atoms with Crippen LogP contribution in [0.15, 0.2) is 47.3 Å². The second-order valence-corrected chi connectivity index (χ2v) is 4.85. The normalized spacial score (nSPS) is 10.6. The highest BCUT2D eigenvalue weighted by molar-refractivity contribution is 9.10. The van der Waals surface area contributed by atoms with Crippen LogP contribution in [0.1, 0.15) is 0 Å². The standard InChI is InChI=1S/C14H11BrN4/c1-16-14-13(18-7-8-19-14)10-4-5-11(15)9-3-2-6-17-12(9)10/h2-8H,1H3,(H,16,19). The van der Waals surface area contributed by atoms with Crippen molar-refractivity contribution in [3.8, 4) is 11.3 Å². The molecule has 0 saturated carbocycles. The molecule has 0 fully saturated rings. The molecule has 3 rings (SSSR count). The number of aromatic nitrogens is 3. The Morgan fingerprint density at radius 2 is 1.84 bits per heavy atom. The van der Waals surface area contributed by atoms with Gasteiger partial charge in [-0.3, -0.25) is 9.97 Å². The Morgan fingerprint density at radius 3 is 2.68 bits per heavy atom. The molecule has 0 aliphatic carbocycles. The van der Waals surface area contributed by atoms with E-state index >= 15 is 0 Å². The summed E-state index contributed by atoms with van der Waals surface area (Å²) in [5, 5.41) is 4.12. The first-order valence-corrected chi connectivity index (χ1v) is 6.63. The minimum absolute atomic E-state index is 0.747. The number of hydrogen-bond acceptors (Lipinski definition) is 4. The van der Waals surface area contributed by atoms with Crippen molar-refractivity contribution in [2.45, 2.75) is 0 Å². The molecule has 0 atom stereocenters. The third-order valence-corrected chi connectivity index (χ3v) is 3.60. The van der Waals surface area contributed by atoms with Crippen molar-refractivity contribution in [3.05, 3.63) is 47.3 Å². The first kappa shape index (κ1) is 12.0. The van der Waals surface area contributed by atoms with E-state index in [1.54, 1.807) is 18.6 Å². The third-order valence-electron chi connectivity index (χ3n) is 2.91. The van der Waals surface area contributed by atoms with Crippen molar-refractivity contribution in [2.75, 3.05) is 12.4 Å². The molecule has 19 heavy (non-hydrogen) atoms. The predicted octanol–water partition coefficient (Wildman–Crippen LogP) is 3.50. The van der Waals surface area contributed by atoms with Crippen LogP contribution >= 0.6 is 15.9 Å². The molecule has 0 bridgehead atoms. The highest BCUT2D eigenvalue weighted by Gasteiger charge is 2.12. The molecule has 0 spiro atoms. The molecule has 0 aliphatic heterocycles. The number of hydrogen-bond donors (Lipinski definition) is 1. The third kappa shape index (κ3) is 2.06. The Balaban J connectivity index is 2.34. The number of pyridine rings is 1. The summed E-state index contributed by atoms with van der Waals surface area (Å²) in [5.41, 5.74) is 2.69. The van der Waals surface area contributed by atoms with Gasteiger partial charge in [-0.15, -0.1) is 0 Å². The van der Waals surface area contributed by atoms with Crippen LogP contribution in [-0.2, 0) is 0 Å². The van der Waals surface area contributed by atoms with Gasteiger partial charge in [-0.2, -0.15) is 0 Å². The molecular formula is C14H11BrN4. The van der Waals surface area contributed by atoms with Crippen LogP contribution in [0.5, 0.6) is 0 Å². The van der Waals surface area contributed by atoms with Crippen LogP contribution in [0.3, 0.4) is 0 Å². The summed E-state index contributed by atoms with van der Waals surface area (Å²) in [6, 6.07) is 7.97. The van der Waals surface area contributed by atoms with Gasteiger partial charge in [0, 0.05) is 41.1 Å². The molecule has 0 amide bonds. The largest absolute Gasteiger partial charge is 0.371 e. The van der Waals surface area contributed by atoms with Crippen LogP contribution in [0.2, 0.25) is 0 Å². The minimum atomic E-state index is 0.747. The van der Waals surface area contributed by atoms with Crippen LogP contribution in [0.4, 0.5) is 5.82 Å². The van der Waals surface area contributed by atoms with Gasteiger partial charge >= 0.3 is 0 Å². The fraction of sp³-hybridized carbons (Fsp3) is 0.0714. The number of nitrogens with zero attached hydrogens (tertiary/aromatic N) is 3. The first-order valence-electron chi connectivity index (χ1n) is 5.83. The Morgan fingerprint density at radius 1 is 1.00 bits per heavy atom. The van der Waals surface area contributed by atoms with Crippen molar-refractivity contribution in [1.29, 1.82) is 0 Å². The quantitative estimate of drug-likeness (QED) is 0.786. The van der Waals surface area contributed by atoms with Gasteiger partial charge in [0.2, 0.25) is 0 Å². The Labute approximate surface area is 119 Å². The van der Waals surface area contributed by atoms with Gasteiger partial charge in [-0.1, -0.05) is 22.0 Å². The molecule has 1 N–H and O–H groups in total. The fourth-order valence-corrected chi connectivity index (χ4v) is 2.50. The summed E-state index contributed by atoms with van der Waals surface area (Å²) in [5.74, 6) is 0.747. The minimum Gasteiger partial charge on any atom is -0.371 e. The molecule has 5 heteroatoms. The lowest BCUT2D eigenvalue weighted by atomic mass is 10.1. The van der Waals surface area contributed by atoms with Crippen molar-refractivity contribution in [2.24, 2.45) is 0 Å². The molecule has 1 aromatic carbocycles. The van der Waals surface area contributed by atoms with Gasteiger partial charge in [0.25, 0.3) is 0 Å². The molecule has 0 saturated heterocycles. The van der Waals surface area contributed by atoms with E-state index in [0.29, 0.717) is 0 Å². The topological polar surface area (TPSA) is 50.7 Å². The van der Waals surface area contributed by atoms with E-state index in [-0.39, 0.29) is 0 Å². The molecule has 2 heterocycles. The van der Waals surface area contributed by atoms with Gasteiger partial charge in [0.1, 0.15) is 5.69 Å². The summed E-state index contributed by atoms with van der Waals surface area (Å²) < 4.78 is 1.02. The Hall–Kier alpha value is -2.01. The van der Waals surface area contributed by atoms with Crippen LogP contribution in [0, 0.1) is 0 Å². The summed E-state index contributed by atoms with van der Waals surface area (Å²) in [4.78, 5) is 13.2. The van der Waals surface area contributed by atoms with Crippen LogP contribution < -0.4 is 5.32 Å². The smallest absolute Gasteiger partial charge is 0.152 e. The molecule has 3 aromatic rings. The van der Waals surface area contributed by atoms with Gasteiger partial charge < -0.3 is 5.32 Å². The van der Waals surface area contributed by atoms with Crippen molar-refractivity contribution >= 4 is 32.7 Å². The molecule has 4 nitrogen and oxygen atoms in total. The lowest BCUT2D eigenvalue weighted by Crippen LogP contribution is -1.98. The molecule has 94 valence electrons. The van der Waals surface area contributed by atoms with E-state index in [9.17, 15) is 0 Å². The van der Waals surface area contributed by atoms with E-state index < -0.39 is 0 Å². The van der Waals surface area contributed by atoms with Gasteiger partial charge in [0.15, 0.2) is 5.82 Å². The van der Waals surface area contributed by atoms with E-state index in [1.165, 1.54) is 0 Å². The SMILES string of the molecule is CNc1nccnc1-c1ccc(Br)c2cccnc12. The van der Waals surface area contributed by atoms with Crippen LogP contribution in [-0.4, -0.2) is 22.0 Å². The zero-order chi connectivity index (χ0) is 13.2. The van der Waals surface area contributed by atoms with Crippen molar-refractivity contribution in [1.82, 2.24) is 15.0 Å². The Bertz CT molecular complexity index is 742. The number of rotatable bonds is 2. The van der Waals surface area contributed by atoms with Crippen LogP contribution in [0.25, 0.3) is 22.2 Å². The van der Waals surface area contributed by atoms with Gasteiger partial charge in [-0.05, 0) is 18.2 Å². The maximum Gasteiger partial charge on any atom is 0.152 e. The van der Waals surface area contributed by atoms with E-state index in [2.05, 4.69) is 36.2 Å².